The van der Waals surface area contributed by atoms with Gasteiger partial charge in [-0.1, -0.05) is 78.1 Å². The first-order chi connectivity index (χ1) is 13.6. The molecule has 28 heavy (non-hydrogen) atoms. The number of rotatable bonds is 8. The predicted molar refractivity (Wildman–Crippen MR) is 116 cm³/mol. The highest BCUT2D eigenvalue weighted by Gasteiger charge is 2.46. The SMILES string of the molecule is CCCCCC1CCC(C2CCC(C3CCC(CCC)CC3)C(F)C2F)CC1. The Kier molecular flexibility index (Phi) is 9.10. The van der Waals surface area contributed by atoms with Gasteiger partial charge in [0.1, 0.15) is 12.3 Å². The van der Waals surface area contributed by atoms with Crippen LogP contribution >= 0.6 is 0 Å². The Labute approximate surface area is 173 Å². The molecule has 0 aliphatic heterocycles. The number of alkyl halides is 2. The second kappa shape index (κ2) is 11.3. The van der Waals surface area contributed by atoms with Gasteiger partial charge in [0.2, 0.25) is 0 Å². The molecule has 4 unspecified atom stereocenters. The molecule has 3 rings (SSSR count). The maximum absolute atomic E-state index is 15.2. The van der Waals surface area contributed by atoms with Gasteiger partial charge in [-0.15, -0.1) is 0 Å². The fourth-order valence-electron chi connectivity index (χ4n) is 7.07. The van der Waals surface area contributed by atoms with Crippen molar-refractivity contribution in [3.8, 4) is 0 Å². The summed E-state index contributed by atoms with van der Waals surface area (Å²) in [6.45, 7) is 4.52. The van der Waals surface area contributed by atoms with Gasteiger partial charge in [0, 0.05) is 0 Å². The molecule has 0 amide bonds. The monoisotopic (exact) mass is 396 g/mol. The minimum Gasteiger partial charge on any atom is -0.244 e. The molecule has 0 bridgehead atoms. The Morgan fingerprint density at radius 1 is 0.536 bits per heavy atom. The highest BCUT2D eigenvalue weighted by atomic mass is 19.2. The first-order valence-electron chi connectivity index (χ1n) is 12.9. The molecule has 0 heterocycles. The summed E-state index contributed by atoms with van der Waals surface area (Å²) in [7, 11) is 0. The quantitative estimate of drug-likeness (QED) is 0.360. The fraction of sp³-hybridized carbons (Fsp3) is 1.00. The molecule has 164 valence electrons. The first kappa shape index (κ1) is 22.5. The van der Waals surface area contributed by atoms with Gasteiger partial charge in [0.05, 0.1) is 0 Å². The number of halogens is 2. The van der Waals surface area contributed by atoms with E-state index in [-0.39, 0.29) is 11.8 Å². The van der Waals surface area contributed by atoms with Crippen LogP contribution in [-0.4, -0.2) is 12.3 Å². The van der Waals surface area contributed by atoms with E-state index in [4.69, 9.17) is 0 Å². The lowest BCUT2D eigenvalue weighted by Crippen LogP contribution is -2.45. The number of hydrogen-bond donors (Lipinski definition) is 0. The molecular weight excluding hydrogens is 350 g/mol. The smallest absolute Gasteiger partial charge is 0.134 e. The van der Waals surface area contributed by atoms with Gasteiger partial charge >= 0.3 is 0 Å². The minimum atomic E-state index is -1.19. The van der Waals surface area contributed by atoms with Crippen LogP contribution in [-0.2, 0) is 0 Å². The molecule has 0 nitrogen and oxygen atoms in total. The zero-order chi connectivity index (χ0) is 19.9. The van der Waals surface area contributed by atoms with E-state index in [0.717, 1.165) is 50.4 Å². The van der Waals surface area contributed by atoms with Crippen molar-refractivity contribution in [2.45, 2.75) is 129 Å². The Bertz CT molecular complexity index is 420. The molecule has 0 saturated heterocycles. The van der Waals surface area contributed by atoms with Crippen molar-refractivity contribution in [2.24, 2.45) is 35.5 Å². The van der Waals surface area contributed by atoms with Gasteiger partial charge in [-0.05, 0) is 74.0 Å². The van der Waals surface area contributed by atoms with Gasteiger partial charge in [-0.2, -0.15) is 0 Å². The highest BCUT2D eigenvalue weighted by molar-refractivity contribution is 4.95. The molecule has 0 aromatic rings. The molecule has 0 N–H and O–H groups in total. The maximum Gasteiger partial charge on any atom is 0.134 e. The molecule has 0 radical (unpaired) electrons. The van der Waals surface area contributed by atoms with E-state index < -0.39 is 12.3 Å². The van der Waals surface area contributed by atoms with E-state index in [0.29, 0.717) is 11.8 Å². The van der Waals surface area contributed by atoms with E-state index in [1.54, 1.807) is 0 Å². The zero-order valence-electron chi connectivity index (χ0n) is 18.7. The predicted octanol–water partition coefficient (Wildman–Crippen LogP) is 8.68. The highest BCUT2D eigenvalue weighted by Crippen LogP contribution is 2.48. The van der Waals surface area contributed by atoms with Crippen molar-refractivity contribution in [2.75, 3.05) is 0 Å². The van der Waals surface area contributed by atoms with Crippen LogP contribution in [0.15, 0.2) is 0 Å². The molecule has 3 aliphatic carbocycles. The van der Waals surface area contributed by atoms with E-state index in [1.807, 2.05) is 0 Å². The second-order valence-electron chi connectivity index (χ2n) is 10.6. The average Bonchev–Trinajstić information content (AvgIpc) is 2.72. The Morgan fingerprint density at radius 2 is 1.00 bits per heavy atom. The lowest BCUT2D eigenvalue weighted by Gasteiger charge is -2.44. The van der Waals surface area contributed by atoms with E-state index in [9.17, 15) is 0 Å². The van der Waals surface area contributed by atoms with Gasteiger partial charge in [-0.3, -0.25) is 0 Å². The molecule has 0 aromatic carbocycles. The first-order valence-corrected chi connectivity index (χ1v) is 12.9. The Balaban J connectivity index is 1.44. The van der Waals surface area contributed by atoms with E-state index in [1.165, 1.54) is 64.2 Å². The van der Waals surface area contributed by atoms with E-state index in [2.05, 4.69) is 13.8 Å². The largest absolute Gasteiger partial charge is 0.244 e. The fourth-order valence-corrected chi connectivity index (χ4v) is 7.07. The summed E-state index contributed by atoms with van der Waals surface area (Å²) in [5.41, 5.74) is 0. The number of unbranched alkanes of at least 4 members (excludes halogenated alkanes) is 2. The van der Waals surface area contributed by atoms with Crippen LogP contribution in [0, 0.1) is 35.5 Å². The standard InChI is InChI=1S/C26H46F2/c1-3-5-6-8-20-11-15-22(16-12-20)24-18-17-23(25(27)26(24)28)21-13-9-19(7-4-2)10-14-21/h19-26H,3-18H2,1-2H3. The molecule has 2 heteroatoms. The summed E-state index contributed by atoms with van der Waals surface area (Å²) in [4.78, 5) is 0. The number of hydrogen-bond acceptors (Lipinski definition) is 0. The lowest BCUT2D eigenvalue weighted by atomic mass is 9.63. The molecule has 3 fully saturated rings. The van der Waals surface area contributed by atoms with Crippen LogP contribution in [0.3, 0.4) is 0 Å². The average molecular weight is 397 g/mol. The van der Waals surface area contributed by atoms with Crippen LogP contribution in [0.25, 0.3) is 0 Å². The van der Waals surface area contributed by atoms with Crippen LogP contribution in [0.4, 0.5) is 8.78 Å². The molecule has 0 aromatic heterocycles. The summed E-state index contributed by atoms with van der Waals surface area (Å²) in [5, 5.41) is 0. The summed E-state index contributed by atoms with van der Waals surface area (Å²) < 4.78 is 30.4. The summed E-state index contributed by atoms with van der Waals surface area (Å²) in [6, 6.07) is 0. The third kappa shape index (κ3) is 5.72. The van der Waals surface area contributed by atoms with Crippen molar-refractivity contribution in [3.63, 3.8) is 0 Å². The van der Waals surface area contributed by atoms with Crippen molar-refractivity contribution in [3.05, 3.63) is 0 Å². The zero-order valence-corrected chi connectivity index (χ0v) is 18.7. The van der Waals surface area contributed by atoms with Gasteiger partial charge in [0.25, 0.3) is 0 Å². The van der Waals surface area contributed by atoms with Gasteiger partial charge in [-0.25, -0.2) is 8.78 Å². The summed E-state index contributed by atoms with van der Waals surface area (Å²) in [5.74, 6) is 2.65. The topological polar surface area (TPSA) is 0 Å². The molecular formula is C26H46F2. The van der Waals surface area contributed by atoms with E-state index >= 15 is 8.78 Å². The van der Waals surface area contributed by atoms with Crippen molar-refractivity contribution >= 4 is 0 Å². The molecule has 4 atom stereocenters. The van der Waals surface area contributed by atoms with Crippen molar-refractivity contribution in [1.29, 1.82) is 0 Å². The van der Waals surface area contributed by atoms with Crippen molar-refractivity contribution in [1.82, 2.24) is 0 Å². The van der Waals surface area contributed by atoms with Gasteiger partial charge < -0.3 is 0 Å². The molecule has 0 spiro atoms. The van der Waals surface area contributed by atoms with Crippen LogP contribution < -0.4 is 0 Å². The molecule has 3 aliphatic rings. The maximum atomic E-state index is 15.2. The minimum absolute atomic E-state index is 0.0132. The third-order valence-electron chi connectivity index (χ3n) is 8.86. The summed E-state index contributed by atoms with van der Waals surface area (Å²) >= 11 is 0. The lowest BCUT2D eigenvalue weighted by molar-refractivity contribution is -0.0370. The Morgan fingerprint density at radius 3 is 1.43 bits per heavy atom. The summed E-state index contributed by atoms with van der Waals surface area (Å²) in [6.07, 6.45) is 17.1. The van der Waals surface area contributed by atoms with Crippen molar-refractivity contribution < 1.29 is 8.78 Å². The van der Waals surface area contributed by atoms with Crippen LogP contribution in [0.5, 0.6) is 0 Å². The Hall–Kier alpha value is -0.140. The van der Waals surface area contributed by atoms with Gasteiger partial charge in [0.15, 0.2) is 0 Å². The second-order valence-corrected chi connectivity index (χ2v) is 10.6. The molecule has 3 saturated carbocycles. The third-order valence-corrected chi connectivity index (χ3v) is 8.86. The van der Waals surface area contributed by atoms with Crippen LogP contribution in [0.1, 0.15) is 117 Å². The van der Waals surface area contributed by atoms with Crippen LogP contribution in [0.2, 0.25) is 0 Å². The normalized spacial score (nSPS) is 42.4.